The molecule has 1 heterocycles. The second kappa shape index (κ2) is 8.75. The van der Waals surface area contributed by atoms with Crippen molar-refractivity contribution in [2.24, 2.45) is 0 Å². The number of aromatic nitrogens is 1. The van der Waals surface area contributed by atoms with E-state index in [4.69, 9.17) is 19.3 Å². The number of nitrogens with zero attached hydrogens (tertiary/aromatic N) is 1. The van der Waals surface area contributed by atoms with E-state index in [1.165, 1.54) is 27.8 Å². The zero-order chi connectivity index (χ0) is 20.1. The lowest BCUT2D eigenvalue weighted by Crippen LogP contribution is -2.09. The van der Waals surface area contributed by atoms with Gasteiger partial charge in [0.25, 0.3) is 0 Å². The first-order valence-electron chi connectivity index (χ1n) is 8.68. The summed E-state index contributed by atoms with van der Waals surface area (Å²) < 4.78 is 16.9. The van der Waals surface area contributed by atoms with Crippen molar-refractivity contribution in [3.8, 4) is 27.8 Å². The average Bonchev–Trinajstić information content (AvgIpc) is 3.18. The van der Waals surface area contributed by atoms with Crippen molar-refractivity contribution in [1.29, 1.82) is 0 Å². The fourth-order valence-corrected chi connectivity index (χ4v) is 3.33. The van der Waals surface area contributed by atoms with Crippen molar-refractivity contribution in [2.45, 2.75) is 13.8 Å². The third kappa shape index (κ3) is 4.61. The van der Waals surface area contributed by atoms with Gasteiger partial charge < -0.3 is 19.3 Å². The van der Waals surface area contributed by atoms with Crippen LogP contribution in [0.25, 0.3) is 10.6 Å². The number of hydrogen-bond acceptors (Lipinski definition) is 6. The summed E-state index contributed by atoms with van der Waals surface area (Å²) in [6, 6.07) is 11.4. The molecule has 3 aromatic rings. The Morgan fingerprint density at radius 1 is 1.04 bits per heavy atom. The van der Waals surface area contributed by atoms with Crippen LogP contribution in [-0.4, -0.2) is 36.4 Å². The molecule has 7 heteroatoms. The topological polar surface area (TPSA) is 77.9 Å². The van der Waals surface area contributed by atoms with Crippen LogP contribution in [0.5, 0.6) is 17.2 Å². The first-order chi connectivity index (χ1) is 13.5. The maximum atomic E-state index is 11.0. The molecule has 2 aromatic carbocycles. The van der Waals surface area contributed by atoms with Gasteiger partial charge in [-0.05, 0) is 55.3 Å². The van der Waals surface area contributed by atoms with E-state index in [0.29, 0.717) is 29.7 Å². The van der Waals surface area contributed by atoms with Crippen LogP contribution < -0.4 is 14.2 Å². The Morgan fingerprint density at radius 3 is 2.50 bits per heavy atom. The fraction of sp³-hybridized carbons (Fsp3) is 0.238. The average molecular weight is 399 g/mol. The van der Waals surface area contributed by atoms with Crippen LogP contribution in [0.4, 0.5) is 0 Å². The Hall–Kier alpha value is -3.06. The van der Waals surface area contributed by atoms with Gasteiger partial charge in [-0.3, -0.25) is 0 Å². The van der Waals surface area contributed by atoms with Crippen LogP contribution in [0.1, 0.15) is 21.6 Å². The van der Waals surface area contributed by atoms with E-state index >= 15 is 0 Å². The van der Waals surface area contributed by atoms with Crippen molar-refractivity contribution >= 4 is 17.3 Å². The molecule has 0 aliphatic rings. The van der Waals surface area contributed by atoms with E-state index in [-0.39, 0.29) is 5.69 Å². The predicted molar refractivity (Wildman–Crippen MR) is 108 cm³/mol. The van der Waals surface area contributed by atoms with Crippen molar-refractivity contribution in [2.75, 3.05) is 20.3 Å². The van der Waals surface area contributed by atoms with E-state index in [2.05, 4.69) is 11.9 Å². The van der Waals surface area contributed by atoms with E-state index in [9.17, 15) is 4.79 Å². The molecule has 0 aliphatic carbocycles. The number of aryl methyl sites for hydroxylation is 2. The highest BCUT2D eigenvalue weighted by Crippen LogP contribution is 2.33. The second-order valence-corrected chi connectivity index (χ2v) is 7.01. The number of hydrogen-bond donors (Lipinski definition) is 1. The number of rotatable bonds is 8. The summed E-state index contributed by atoms with van der Waals surface area (Å²) in [4.78, 5) is 15.1. The summed E-state index contributed by atoms with van der Waals surface area (Å²) in [5, 5.41) is 11.1. The highest BCUT2D eigenvalue weighted by Gasteiger charge is 2.13. The lowest BCUT2D eigenvalue weighted by Gasteiger charge is -2.13. The standard InChI is InChI=1S/C21H21NO5S/c1-13-4-6-16(10-14(13)2)26-8-9-27-18-7-5-15(11-19(18)25-3)20-22-17(12-28-20)21(23)24/h4-7,10-12H,8-9H2,1-3H3,(H,23,24). The van der Waals surface area contributed by atoms with Gasteiger partial charge in [0.2, 0.25) is 0 Å². The summed E-state index contributed by atoms with van der Waals surface area (Å²) in [5.74, 6) is 0.908. The molecule has 0 radical (unpaired) electrons. The lowest BCUT2D eigenvalue weighted by atomic mass is 10.1. The minimum atomic E-state index is -1.04. The van der Waals surface area contributed by atoms with E-state index < -0.39 is 5.97 Å². The maximum absolute atomic E-state index is 11.0. The molecule has 0 aliphatic heterocycles. The second-order valence-electron chi connectivity index (χ2n) is 6.15. The summed E-state index contributed by atoms with van der Waals surface area (Å²) in [5.41, 5.74) is 3.21. The molecular weight excluding hydrogens is 378 g/mol. The van der Waals surface area contributed by atoms with E-state index in [0.717, 1.165) is 11.3 Å². The first-order valence-corrected chi connectivity index (χ1v) is 9.56. The summed E-state index contributed by atoms with van der Waals surface area (Å²) in [7, 11) is 1.56. The van der Waals surface area contributed by atoms with Gasteiger partial charge in [0, 0.05) is 10.9 Å². The Labute approximate surface area is 167 Å². The van der Waals surface area contributed by atoms with Crippen LogP contribution in [0.2, 0.25) is 0 Å². The molecular formula is C21H21NO5S. The minimum absolute atomic E-state index is 0.0304. The van der Waals surface area contributed by atoms with Gasteiger partial charge in [0.15, 0.2) is 17.2 Å². The molecule has 6 nitrogen and oxygen atoms in total. The Kier molecular flexibility index (Phi) is 6.16. The number of thiazole rings is 1. The molecule has 3 rings (SSSR count). The number of carboxylic acids is 1. The Balaban J connectivity index is 1.62. The van der Waals surface area contributed by atoms with Gasteiger partial charge in [-0.1, -0.05) is 6.07 Å². The summed E-state index contributed by atoms with van der Waals surface area (Å²) in [6.07, 6.45) is 0. The molecule has 28 heavy (non-hydrogen) atoms. The Bertz CT molecular complexity index is 983. The van der Waals surface area contributed by atoms with Crippen molar-refractivity contribution in [3.63, 3.8) is 0 Å². The molecule has 0 saturated carbocycles. The number of carboxylic acid groups (broad SMARTS) is 1. The third-order valence-electron chi connectivity index (χ3n) is 4.22. The van der Waals surface area contributed by atoms with Gasteiger partial charge in [-0.2, -0.15) is 0 Å². The molecule has 0 bridgehead atoms. The molecule has 0 spiro atoms. The SMILES string of the molecule is COc1cc(-c2nc(C(=O)O)cs2)ccc1OCCOc1ccc(C)c(C)c1. The smallest absolute Gasteiger partial charge is 0.355 e. The quantitative estimate of drug-likeness (QED) is 0.558. The van der Waals surface area contributed by atoms with E-state index in [1.54, 1.807) is 19.2 Å². The minimum Gasteiger partial charge on any atom is -0.493 e. The van der Waals surface area contributed by atoms with Crippen LogP contribution in [0, 0.1) is 13.8 Å². The third-order valence-corrected chi connectivity index (χ3v) is 5.11. The first kappa shape index (κ1) is 19.7. The largest absolute Gasteiger partial charge is 0.493 e. The number of benzene rings is 2. The normalized spacial score (nSPS) is 10.5. The number of aromatic carboxylic acids is 1. The monoisotopic (exact) mass is 399 g/mol. The predicted octanol–water partition coefficient (Wildman–Crippen LogP) is 4.59. The van der Waals surface area contributed by atoms with Gasteiger partial charge in [-0.25, -0.2) is 9.78 Å². The highest BCUT2D eigenvalue weighted by molar-refractivity contribution is 7.13. The molecule has 0 saturated heterocycles. The summed E-state index contributed by atoms with van der Waals surface area (Å²) >= 11 is 1.27. The lowest BCUT2D eigenvalue weighted by molar-refractivity contribution is 0.0691. The van der Waals surface area contributed by atoms with Crippen molar-refractivity contribution < 1.29 is 24.1 Å². The molecule has 0 unspecified atom stereocenters. The van der Waals surface area contributed by atoms with Gasteiger partial charge in [0.05, 0.1) is 7.11 Å². The maximum Gasteiger partial charge on any atom is 0.355 e. The molecule has 0 atom stereocenters. The number of ether oxygens (including phenoxy) is 3. The molecule has 0 fully saturated rings. The van der Waals surface area contributed by atoms with Gasteiger partial charge >= 0.3 is 5.97 Å². The zero-order valence-electron chi connectivity index (χ0n) is 15.9. The fourth-order valence-electron chi connectivity index (χ4n) is 2.54. The molecule has 0 amide bonds. The van der Waals surface area contributed by atoms with Crippen LogP contribution in [-0.2, 0) is 0 Å². The molecule has 1 N–H and O–H groups in total. The number of carbonyl (C=O) groups is 1. The van der Waals surface area contributed by atoms with Crippen LogP contribution in [0.3, 0.4) is 0 Å². The Morgan fingerprint density at radius 2 is 1.82 bits per heavy atom. The molecule has 146 valence electrons. The summed E-state index contributed by atoms with van der Waals surface area (Å²) in [6.45, 7) is 4.88. The zero-order valence-corrected chi connectivity index (χ0v) is 16.7. The van der Waals surface area contributed by atoms with Gasteiger partial charge in [-0.15, -0.1) is 11.3 Å². The van der Waals surface area contributed by atoms with Crippen molar-refractivity contribution in [3.05, 3.63) is 58.6 Å². The van der Waals surface area contributed by atoms with E-state index in [1.807, 2.05) is 31.2 Å². The van der Waals surface area contributed by atoms with Crippen LogP contribution >= 0.6 is 11.3 Å². The molecule has 1 aromatic heterocycles. The highest BCUT2D eigenvalue weighted by atomic mass is 32.1. The van der Waals surface area contributed by atoms with Gasteiger partial charge in [0.1, 0.15) is 24.0 Å². The van der Waals surface area contributed by atoms with Crippen molar-refractivity contribution in [1.82, 2.24) is 4.98 Å². The number of methoxy groups -OCH3 is 1. The van der Waals surface area contributed by atoms with Crippen LogP contribution in [0.15, 0.2) is 41.8 Å².